The molecule has 0 radical (unpaired) electrons. The Morgan fingerprint density at radius 2 is 2.11 bits per heavy atom. The first-order valence-electron chi connectivity index (χ1n) is 5.33. The smallest absolute Gasteiger partial charge is 0.263 e. The van der Waals surface area contributed by atoms with Crippen LogP contribution in [0.15, 0.2) is 4.63 Å². The lowest BCUT2D eigenvalue weighted by Gasteiger charge is -2.00. The maximum atomic E-state index is 12.0. The third kappa shape index (κ3) is 2.48. The molecule has 0 aromatic carbocycles. The molecule has 0 aliphatic carbocycles. The van der Waals surface area contributed by atoms with Crippen LogP contribution in [0.2, 0.25) is 0 Å². The van der Waals surface area contributed by atoms with E-state index in [-0.39, 0.29) is 5.91 Å². The Hall–Kier alpha value is -1.96. The molecule has 2 aromatic heterocycles. The summed E-state index contributed by atoms with van der Waals surface area (Å²) in [6, 6.07) is 0. The van der Waals surface area contributed by atoms with Gasteiger partial charge in [0.2, 0.25) is 0 Å². The normalized spacial score (nSPS) is 10.4. The molecule has 2 N–H and O–H groups in total. The van der Waals surface area contributed by atoms with Crippen molar-refractivity contribution >= 4 is 22.4 Å². The Kier molecular flexibility index (Phi) is 3.56. The first kappa shape index (κ1) is 12.5. The minimum atomic E-state index is -0.172. The summed E-state index contributed by atoms with van der Waals surface area (Å²) in [5.41, 5.74) is 2.00. The number of carbonyl (C=O) groups is 1. The molecule has 0 aliphatic heterocycles. The number of nitrogens with zero attached hydrogens (tertiary/aromatic N) is 3. The van der Waals surface area contributed by atoms with Gasteiger partial charge in [0, 0.05) is 7.05 Å². The van der Waals surface area contributed by atoms with Crippen LogP contribution in [0.5, 0.6) is 0 Å². The Bertz CT molecular complexity index is 562. The number of aromatic nitrogens is 3. The van der Waals surface area contributed by atoms with E-state index in [1.807, 2.05) is 0 Å². The van der Waals surface area contributed by atoms with Crippen molar-refractivity contribution in [2.45, 2.75) is 20.4 Å². The highest BCUT2D eigenvalue weighted by Crippen LogP contribution is 2.21. The molecular weight excluding hydrogens is 254 g/mol. The van der Waals surface area contributed by atoms with Gasteiger partial charge in [-0.3, -0.25) is 4.79 Å². The zero-order valence-corrected chi connectivity index (χ0v) is 11.1. The summed E-state index contributed by atoms with van der Waals surface area (Å²) in [7, 11) is 1.77. The molecule has 7 nitrogen and oxygen atoms in total. The molecule has 0 saturated heterocycles. The van der Waals surface area contributed by atoms with Gasteiger partial charge < -0.3 is 10.6 Å². The molecular formula is C10H13N5O2S. The van der Waals surface area contributed by atoms with Crippen LogP contribution in [0.3, 0.4) is 0 Å². The molecule has 2 rings (SSSR count). The molecule has 2 aromatic rings. The van der Waals surface area contributed by atoms with Crippen LogP contribution in [-0.2, 0) is 6.54 Å². The summed E-state index contributed by atoms with van der Waals surface area (Å²) >= 11 is 1.32. The Balaban J connectivity index is 2.03. The summed E-state index contributed by atoms with van der Waals surface area (Å²) in [6.45, 7) is 3.87. The van der Waals surface area contributed by atoms with Crippen molar-refractivity contribution < 1.29 is 9.42 Å². The number of amides is 1. The van der Waals surface area contributed by atoms with E-state index in [0.717, 1.165) is 5.13 Å². The summed E-state index contributed by atoms with van der Waals surface area (Å²) in [4.78, 5) is 16.8. The molecule has 2 heterocycles. The highest BCUT2D eigenvalue weighted by Gasteiger charge is 2.15. The quantitative estimate of drug-likeness (QED) is 0.862. The number of rotatable bonds is 4. The lowest BCUT2D eigenvalue weighted by atomic mass is 10.3. The first-order valence-corrected chi connectivity index (χ1v) is 6.15. The van der Waals surface area contributed by atoms with Gasteiger partial charge in [-0.15, -0.1) is 0 Å². The van der Waals surface area contributed by atoms with Gasteiger partial charge in [-0.25, -0.2) is 9.61 Å². The SMILES string of the molecule is CNc1nc(C)c(C(=O)NCc2nonc2C)s1. The number of carbonyl (C=O) groups excluding carboxylic acids is 1. The van der Waals surface area contributed by atoms with E-state index >= 15 is 0 Å². The van der Waals surface area contributed by atoms with E-state index in [1.54, 1.807) is 20.9 Å². The van der Waals surface area contributed by atoms with Crippen molar-refractivity contribution in [3.8, 4) is 0 Å². The first-order chi connectivity index (χ1) is 8.61. The van der Waals surface area contributed by atoms with Crippen molar-refractivity contribution in [1.29, 1.82) is 0 Å². The molecule has 0 spiro atoms. The maximum Gasteiger partial charge on any atom is 0.263 e. The summed E-state index contributed by atoms with van der Waals surface area (Å²) in [5, 5.41) is 13.7. The van der Waals surface area contributed by atoms with E-state index < -0.39 is 0 Å². The van der Waals surface area contributed by atoms with Crippen LogP contribution in [0.1, 0.15) is 26.8 Å². The van der Waals surface area contributed by atoms with E-state index in [4.69, 9.17) is 0 Å². The van der Waals surface area contributed by atoms with Crippen molar-refractivity contribution in [3.63, 3.8) is 0 Å². The van der Waals surface area contributed by atoms with Crippen molar-refractivity contribution in [2.24, 2.45) is 0 Å². The predicted molar refractivity (Wildman–Crippen MR) is 66.6 cm³/mol. The highest BCUT2D eigenvalue weighted by molar-refractivity contribution is 7.17. The van der Waals surface area contributed by atoms with Gasteiger partial charge in [0.05, 0.1) is 12.2 Å². The molecule has 0 aliphatic rings. The lowest BCUT2D eigenvalue weighted by Crippen LogP contribution is -2.23. The Labute approximate surface area is 108 Å². The van der Waals surface area contributed by atoms with E-state index in [1.165, 1.54) is 11.3 Å². The fraction of sp³-hybridized carbons (Fsp3) is 0.400. The van der Waals surface area contributed by atoms with Crippen molar-refractivity contribution in [1.82, 2.24) is 20.6 Å². The average Bonchev–Trinajstić information content (AvgIpc) is 2.92. The van der Waals surface area contributed by atoms with E-state index in [9.17, 15) is 4.79 Å². The minimum absolute atomic E-state index is 0.172. The largest absolute Gasteiger partial charge is 0.365 e. The second-order valence-corrected chi connectivity index (χ2v) is 4.66. The maximum absolute atomic E-state index is 12.0. The van der Waals surface area contributed by atoms with Gasteiger partial charge in [0.15, 0.2) is 5.13 Å². The summed E-state index contributed by atoms with van der Waals surface area (Å²) in [6.07, 6.45) is 0. The number of nitrogens with one attached hydrogen (secondary N) is 2. The van der Waals surface area contributed by atoms with Gasteiger partial charge in [-0.05, 0) is 13.8 Å². The molecule has 8 heteroatoms. The molecule has 18 heavy (non-hydrogen) atoms. The summed E-state index contributed by atoms with van der Waals surface area (Å²) in [5.74, 6) is -0.172. The average molecular weight is 267 g/mol. The lowest BCUT2D eigenvalue weighted by molar-refractivity contribution is 0.0953. The predicted octanol–water partition coefficient (Wildman–Crippen LogP) is 1.11. The van der Waals surface area contributed by atoms with Gasteiger partial charge in [-0.1, -0.05) is 21.7 Å². The van der Waals surface area contributed by atoms with Crippen LogP contribution >= 0.6 is 11.3 Å². The molecule has 0 unspecified atom stereocenters. The minimum Gasteiger partial charge on any atom is -0.365 e. The Morgan fingerprint density at radius 1 is 1.33 bits per heavy atom. The van der Waals surface area contributed by atoms with Crippen LogP contribution in [-0.4, -0.2) is 28.3 Å². The molecule has 96 valence electrons. The number of anilines is 1. The Morgan fingerprint density at radius 3 is 2.67 bits per heavy atom. The third-order valence-corrected chi connectivity index (χ3v) is 3.55. The molecule has 0 fully saturated rings. The number of hydrogen-bond donors (Lipinski definition) is 2. The number of aryl methyl sites for hydroxylation is 2. The zero-order valence-electron chi connectivity index (χ0n) is 10.3. The van der Waals surface area contributed by atoms with Crippen LogP contribution in [0, 0.1) is 13.8 Å². The van der Waals surface area contributed by atoms with Crippen LogP contribution < -0.4 is 10.6 Å². The topological polar surface area (TPSA) is 92.9 Å². The summed E-state index contributed by atoms with van der Waals surface area (Å²) < 4.78 is 4.56. The fourth-order valence-electron chi connectivity index (χ4n) is 1.37. The zero-order chi connectivity index (χ0) is 13.1. The molecule has 0 bridgehead atoms. The number of hydrogen-bond acceptors (Lipinski definition) is 7. The standard InChI is InChI=1S/C10H13N5O2S/c1-5-7(15-17-14-5)4-12-9(16)8-6(2)13-10(11-3)18-8/h4H2,1-3H3,(H,11,13)(H,12,16). The molecule has 1 amide bonds. The van der Waals surface area contributed by atoms with Gasteiger partial charge in [-0.2, -0.15) is 0 Å². The van der Waals surface area contributed by atoms with Crippen molar-refractivity contribution in [3.05, 3.63) is 22.0 Å². The van der Waals surface area contributed by atoms with Gasteiger partial charge in [0.25, 0.3) is 5.91 Å². The second kappa shape index (κ2) is 5.13. The van der Waals surface area contributed by atoms with Gasteiger partial charge in [0.1, 0.15) is 16.3 Å². The van der Waals surface area contributed by atoms with E-state index in [2.05, 4.69) is 30.6 Å². The number of thiazole rings is 1. The second-order valence-electron chi connectivity index (χ2n) is 3.66. The molecule has 0 saturated carbocycles. The van der Waals surface area contributed by atoms with Crippen LogP contribution in [0.4, 0.5) is 5.13 Å². The monoisotopic (exact) mass is 267 g/mol. The molecule has 0 atom stereocenters. The highest BCUT2D eigenvalue weighted by atomic mass is 32.1. The van der Waals surface area contributed by atoms with Crippen molar-refractivity contribution in [2.75, 3.05) is 12.4 Å². The fourth-order valence-corrected chi connectivity index (χ4v) is 2.20. The van der Waals surface area contributed by atoms with Crippen LogP contribution in [0.25, 0.3) is 0 Å². The third-order valence-electron chi connectivity index (χ3n) is 2.38. The van der Waals surface area contributed by atoms with E-state index in [0.29, 0.717) is 28.5 Å². The van der Waals surface area contributed by atoms with Gasteiger partial charge >= 0.3 is 0 Å².